The molecule has 0 bridgehead atoms. The van der Waals surface area contributed by atoms with Gasteiger partial charge in [0.05, 0.1) is 84.2 Å². The summed E-state index contributed by atoms with van der Waals surface area (Å²) in [5.41, 5.74) is 3.80. The number of nitrogens with one attached hydrogen (secondary N) is 10. The van der Waals surface area contributed by atoms with E-state index in [-0.39, 0.29) is 97.7 Å². The van der Waals surface area contributed by atoms with E-state index < -0.39 is 123 Å². The molecule has 12 atom stereocenters. The number of piperidine rings is 1. The van der Waals surface area contributed by atoms with Crippen LogP contribution in [0.2, 0.25) is 0 Å². The van der Waals surface area contributed by atoms with Crippen molar-refractivity contribution in [2.24, 2.45) is 28.1 Å². The number of hydrogen-bond acceptors (Lipinski definition) is 22. The maximum atomic E-state index is 13.8. The molecule has 0 spiro atoms. The van der Waals surface area contributed by atoms with E-state index in [4.69, 9.17) is 28.4 Å². The van der Waals surface area contributed by atoms with Crippen LogP contribution in [0.5, 0.6) is 23.0 Å². The summed E-state index contributed by atoms with van der Waals surface area (Å²) in [4.78, 5) is 199. The topological polar surface area (TPSA) is 448 Å². The van der Waals surface area contributed by atoms with Crippen LogP contribution in [-0.2, 0) is 134 Å². The minimum atomic E-state index is -1.10. The molecule has 32 nitrogen and oxygen atoms in total. The van der Waals surface area contributed by atoms with Gasteiger partial charge in [0, 0.05) is 79.1 Å². The van der Waals surface area contributed by atoms with Gasteiger partial charge in [-0.15, -0.1) is 0 Å². The standard InChI is InChI=1S/C30H37N3O5.C30H32N2O6.2C28H33N3O5/c1-29(16-17-29)26(35)23(18-20-8-5-4-6-9-20)31-27(36)24(19-21-11-13-22(38-3)14-12-21)32-28(37)30(2)15-7-10-25(34)33-30;1-30(19-38-30)27(33)26(16-20-7-5-4-6-8-20)32-28(34)23(15-21-9-11-25(36-2)12-10-21)18-24-17-22(13-14-31-24)29(35)37-3;1-27(13-14-27)24(33)21(15-18-7-5-4-6-8-18)29-25(34)22(16-19-9-11-20(36-3)12-10-19)30-26(35)28(2)17-23(32)31-28;1-28(12-13-28)25(33)22(14-18-6-4-3-5-7-18)30-27(35)23(15-19-8-10-21(36-2)11-9-19)31-26(34)20-16-24(32)29-17-20/h4-6,8-9,11-14,23-24H,7,10,15-19H2,1-3H3,(H,31,36)(H,32,37)(H,33,34);4-14,17,23,26H,15-16,18-19H2,1-3H3,(H,32,34);4-12,21-22H,13-17H2,1-3H3,(H,29,34)(H,30,35)(H,31,32);3-11,20,22-23H,12-17H2,1-2H3,(H,29,32)(H,30,35)(H,31,34)/t23-,24-,30+;23-,26+,30-;21-,22-,28+;20-,22+,23?/m0000/s1. The third kappa shape index (κ3) is 30.8. The van der Waals surface area contributed by atoms with E-state index in [0.29, 0.717) is 92.2 Å². The number of carbonyl (C=O) groups is 15. The van der Waals surface area contributed by atoms with Gasteiger partial charge in [-0.3, -0.25) is 72.1 Å². The Kier molecular flexibility index (Phi) is 37.1. The molecule has 7 fully saturated rings. The van der Waals surface area contributed by atoms with Crippen molar-refractivity contribution >= 4 is 88.2 Å². The first-order valence-electron chi connectivity index (χ1n) is 50.4. The quantitative estimate of drug-likeness (QED) is 0.00963. The van der Waals surface area contributed by atoms with E-state index in [1.54, 1.807) is 97.7 Å². The van der Waals surface area contributed by atoms with Gasteiger partial charge in [0.1, 0.15) is 57.8 Å². The Labute approximate surface area is 863 Å². The van der Waals surface area contributed by atoms with Crippen molar-refractivity contribution in [1.29, 1.82) is 0 Å². The Hall–Kier alpha value is -15.1. The second-order valence-electron chi connectivity index (χ2n) is 40.9. The minimum absolute atomic E-state index is 0.00689. The third-order valence-electron chi connectivity index (χ3n) is 28.7. The molecule has 3 saturated carbocycles. The Balaban J connectivity index is 0.000000165. The van der Waals surface area contributed by atoms with Crippen LogP contribution < -0.4 is 72.1 Å². The number of esters is 1. The molecule has 4 aliphatic heterocycles. The number of amides is 10. The van der Waals surface area contributed by atoms with E-state index in [2.05, 4.69) is 58.2 Å². The number of aromatic nitrogens is 1. The zero-order valence-corrected chi connectivity index (χ0v) is 85.8. The largest absolute Gasteiger partial charge is 0.497 e. The van der Waals surface area contributed by atoms with Crippen LogP contribution in [0, 0.1) is 28.1 Å². The molecule has 5 heterocycles. The first kappa shape index (κ1) is 110. The Morgan fingerprint density at radius 3 is 1.01 bits per heavy atom. The average molecular weight is 2020 g/mol. The summed E-state index contributed by atoms with van der Waals surface area (Å²) in [5, 5.41) is 28.4. The molecule has 16 rings (SSSR count). The van der Waals surface area contributed by atoms with Crippen LogP contribution in [0.15, 0.2) is 237 Å². The molecule has 8 aromatic carbocycles. The molecule has 4 saturated heterocycles. The van der Waals surface area contributed by atoms with E-state index in [9.17, 15) is 71.9 Å². The number of β-lactam (4-membered cyclic amide) rings is 1. The van der Waals surface area contributed by atoms with E-state index in [1.807, 2.05) is 203 Å². The summed E-state index contributed by atoms with van der Waals surface area (Å²) in [6.45, 7) is 11.4. The molecule has 0 radical (unpaired) electrons. The van der Waals surface area contributed by atoms with Crippen LogP contribution in [0.4, 0.5) is 0 Å². The highest BCUT2D eigenvalue weighted by molar-refractivity contribution is 6.04. The number of Topliss-reactive ketones (excluding diaryl/α,β-unsaturated/α-hetero) is 4. The molecule has 148 heavy (non-hydrogen) atoms. The van der Waals surface area contributed by atoms with Crippen LogP contribution in [-0.4, -0.2) is 201 Å². The van der Waals surface area contributed by atoms with Crippen molar-refractivity contribution in [2.75, 3.05) is 48.7 Å². The van der Waals surface area contributed by atoms with Crippen LogP contribution in [0.3, 0.4) is 0 Å². The second-order valence-corrected chi connectivity index (χ2v) is 40.9. The zero-order chi connectivity index (χ0) is 106. The molecule has 10 amide bonds. The molecule has 1 unspecified atom stereocenters. The molecule has 32 heteroatoms. The highest BCUT2D eigenvalue weighted by atomic mass is 16.6. The summed E-state index contributed by atoms with van der Waals surface area (Å²) < 4.78 is 31.1. The summed E-state index contributed by atoms with van der Waals surface area (Å²) >= 11 is 0. The van der Waals surface area contributed by atoms with E-state index in [1.165, 1.54) is 13.3 Å². The molecule has 780 valence electrons. The lowest BCUT2D eigenvalue weighted by Crippen LogP contribution is -2.68. The van der Waals surface area contributed by atoms with Crippen LogP contribution >= 0.6 is 0 Å². The van der Waals surface area contributed by atoms with Crippen LogP contribution in [0.1, 0.15) is 173 Å². The van der Waals surface area contributed by atoms with Gasteiger partial charge in [-0.1, -0.05) is 191 Å². The number of hydrogen-bond donors (Lipinski definition) is 10. The first-order chi connectivity index (χ1) is 70.8. The summed E-state index contributed by atoms with van der Waals surface area (Å²) in [5.74, 6) is -2.27. The molecular weight excluding hydrogens is 1880 g/mol. The lowest BCUT2D eigenvalue weighted by Gasteiger charge is -2.38. The number of ketones is 4. The lowest BCUT2D eigenvalue weighted by molar-refractivity contribution is -0.144. The van der Waals surface area contributed by atoms with Gasteiger partial charge in [0.2, 0.25) is 59.1 Å². The van der Waals surface area contributed by atoms with Crippen molar-refractivity contribution < 1.29 is 100 Å². The third-order valence-corrected chi connectivity index (χ3v) is 28.7. The maximum absolute atomic E-state index is 13.8. The Bertz CT molecular complexity index is 6190. The molecular formula is C116H135N11O21. The van der Waals surface area contributed by atoms with Crippen LogP contribution in [0.25, 0.3) is 0 Å². The predicted octanol–water partition coefficient (Wildman–Crippen LogP) is 10.3. The second kappa shape index (κ2) is 49.9. The smallest absolute Gasteiger partial charge is 0.337 e. The number of epoxide rings is 1. The lowest BCUT2D eigenvalue weighted by atomic mass is 9.87. The van der Waals surface area contributed by atoms with E-state index in [0.717, 1.165) is 83.0 Å². The van der Waals surface area contributed by atoms with Crippen molar-refractivity contribution in [3.05, 3.63) is 292 Å². The Morgan fingerprint density at radius 1 is 0.365 bits per heavy atom. The fraction of sp³-hybridized carbons (Fsp3) is 0.414. The highest BCUT2D eigenvalue weighted by Crippen LogP contribution is 2.49. The van der Waals surface area contributed by atoms with Gasteiger partial charge in [0.15, 0.2) is 23.1 Å². The molecule has 1 aromatic heterocycles. The monoisotopic (exact) mass is 2020 g/mol. The number of nitrogens with zero attached hydrogens (tertiary/aromatic N) is 1. The number of methoxy groups -OCH3 is 5. The maximum Gasteiger partial charge on any atom is 0.337 e. The van der Waals surface area contributed by atoms with Gasteiger partial charge in [-0.2, -0.15) is 0 Å². The number of carbonyl (C=O) groups excluding carboxylic acids is 15. The predicted molar refractivity (Wildman–Crippen MR) is 553 cm³/mol. The average Bonchev–Trinajstić information content (AvgIpc) is 1.48. The van der Waals surface area contributed by atoms with Gasteiger partial charge < -0.3 is 81.6 Å². The number of ether oxygens (including phenoxy) is 6. The number of rotatable bonds is 45. The van der Waals surface area contributed by atoms with Crippen molar-refractivity contribution in [3.63, 3.8) is 0 Å². The normalized spacial score (nSPS) is 19.9. The van der Waals surface area contributed by atoms with E-state index >= 15 is 0 Å². The van der Waals surface area contributed by atoms with Gasteiger partial charge in [-0.25, -0.2) is 4.79 Å². The van der Waals surface area contributed by atoms with Gasteiger partial charge in [-0.05, 0) is 209 Å². The van der Waals surface area contributed by atoms with Crippen molar-refractivity contribution in [2.45, 2.75) is 229 Å². The summed E-state index contributed by atoms with van der Waals surface area (Å²) in [6.07, 6.45) is 10.8. The van der Waals surface area contributed by atoms with Crippen molar-refractivity contribution in [3.8, 4) is 23.0 Å². The molecule has 3 aliphatic carbocycles. The molecule has 10 N–H and O–H groups in total. The number of benzene rings is 8. The fourth-order valence-electron chi connectivity index (χ4n) is 18.2. The molecule has 9 aromatic rings. The summed E-state index contributed by atoms with van der Waals surface area (Å²) in [6, 6.07) is 65.1. The SMILES string of the molecule is COC(=O)c1ccnc(C[C@H](Cc2ccc(OC)cc2)C(=O)N[C@H](Cc2ccccc2)C(=O)[C@]2(C)CO2)c1.COc1ccc(CC(NC(=O)[C@@H]2CNC(=O)C2)C(=O)N[C@H](Cc2ccccc2)C(=O)C2(C)CC2)cc1.COc1ccc(C[C@H](NC(=O)[C@@]2(C)CC(=O)N2)C(=O)N[C@@H](Cc2ccccc2)C(=O)C2(C)CC2)cc1.COc1ccc(C[C@H](NC(=O)[C@@]2(C)CCCC(=O)N2)C(=O)N[C@@H](Cc2ccccc2)C(=O)C2(C)CC2)cc1. The number of pyridine rings is 1. The van der Waals surface area contributed by atoms with Crippen molar-refractivity contribution in [1.82, 2.24) is 58.2 Å². The minimum Gasteiger partial charge on any atom is -0.497 e. The highest BCUT2D eigenvalue weighted by Gasteiger charge is 2.54. The zero-order valence-electron chi connectivity index (χ0n) is 85.8. The summed E-state index contributed by atoms with van der Waals surface area (Å²) in [7, 11) is 7.64. The fourth-order valence-corrected chi connectivity index (χ4v) is 18.2. The molecule has 7 aliphatic rings. The van der Waals surface area contributed by atoms with Gasteiger partial charge >= 0.3 is 5.97 Å². The Morgan fingerprint density at radius 2 is 0.689 bits per heavy atom. The van der Waals surface area contributed by atoms with Gasteiger partial charge in [0.25, 0.3) is 0 Å². The first-order valence-corrected chi connectivity index (χ1v) is 50.4.